The van der Waals surface area contributed by atoms with E-state index in [4.69, 9.17) is 10.8 Å². The first kappa shape index (κ1) is 7.88. The number of rotatable bonds is 2. The largest absolute Gasteiger partial charge is 0.508 e. The van der Waals surface area contributed by atoms with Gasteiger partial charge in [-0.3, -0.25) is 0 Å². The Hall–Kier alpha value is -1.22. The van der Waals surface area contributed by atoms with Gasteiger partial charge in [-0.05, 0) is 23.8 Å². The highest BCUT2D eigenvalue weighted by molar-refractivity contribution is 5.53. The molecule has 0 saturated heterocycles. The summed E-state index contributed by atoms with van der Waals surface area (Å²) in [5.41, 5.74) is 7.33. The average molecular weight is 152 g/mol. The van der Waals surface area contributed by atoms with Crippen LogP contribution in [0.2, 0.25) is 0 Å². The van der Waals surface area contributed by atoms with Crippen LogP contribution < -0.4 is 11.1 Å². The van der Waals surface area contributed by atoms with Crippen LogP contribution in [0.3, 0.4) is 0 Å². The van der Waals surface area contributed by atoms with Crippen molar-refractivity contribution in [1.29, 1.82) is 0 Å². The second kappa shape index (κ2) is 3.25. The van der Waals surface area contributed by atoms with Crippen LogP contribution >= 0.6 is 0 Å². The lowest BCUT2D eigenvalue weighted by molar-refractivity contribution is 0.474. The first-order chi connectivity index (χ1) is 5.27. The molecule has 11 heavy (non-hydrogen) atoms. The summed E-state index contributed by atoms with van der Waals surface area (Å²) in [7, 11) is 1.82. The number of phenols is 1. The minimum atomic E-state index is 0.254. The van der Waals surface area contributed by atoms with Gasteiger partial charge in [-0.25, -0.2) is 0 Å². The van der Waals surface area contributed by atoms with Crippen LogP contribution in [0.4, 0.5) is 5.69 Å². The summed E-state index contributed by atoms with van der Waals surface area (Å²) in [5.74, 6) is 0.254. The molecule has 1 aromatic carbocycles. The van der Waals surface area contributed by atoms with E-state index in [0.717, 1.165) is 11.3 Å². The third-order valence-electron chi connectivity index (χ3n) is 1.58. The predicted molar refractivity (Wildman–Crippen MR) is 45.5 cm³/mol. The highest BCUT2D eigenvalue weighted by atomic mass is 16.3. The summed E-state index contributed by atoms with van der Waals surface area (Å²) in [5, 5.41) is 12.1. The van der Waals surface area contributed by atoms with Gasteiger partial charge in [0.1, 0.15) is 5.75 Å². The maximum Gasteiger partial charge on any atom is 0.116 e. The van der Waals surface area contributed by atoms with E-state index in [1.807, 2.05) is 7.05 Å². The molecule has 0 fully saturated rings. The number of nitrogens with one attached hydrogen (secondary N) is 1. The van der Waals surface area contributed by atoms with Gasteiger partial charge in [0.15, 0.2) is 0 Å². The number of anilines is 1. The van der Waals surface area contributed by atoms with Gasteiger partial charge >= 0.3 is 0 Å². The topological polar surface area (TPSA) is 58.3 Å². The smallest absolute Gasteiger partial charge is 0.116 e. The van der Waals surface area contributed by atoms with Crippen LogP contribution in [0.15, 0.2) is 18.2 Å². The first-order valence-electron chi connectivity index (χ1n) is 3.47. The van der Waals surface area contributed by atoms with Crippen molar-refractivity contribution in [2.75, 3.05) is 12.4 Å². The molecule has 60 valence electrons. The van der Waals surface area contributed by atoms with Gasteiger partial charge in [-0.2, -0.15) is 0 Å². The van der Waals surface area contributed by atoms with E-state index < -0.39 is 0 Å². The molecule has 1 aromatic rings. The lowest BCUT2D eigenvalue weighted by Crippen LogP contribution is -2.01. The van der Waals surface area contributed by atoms with Crippen molar-refractivity contribution in [2.45, 2.75) is 6.54 Å². The molecule has 0 aromatic heterocycles. The summed E-state index contributed by atoms with van der Waals surface area (Å²) < 4.78 is 0. The molecular weight excluding hydrogens is 140 g/mol. The number of nitrogens with two attached hydrogens (primary N) is 1. The average Bonchev–Trinajstić information content (AvgIpc) is 2.04. The van der Waals surface area contributed by atoms with Crippen molar-refractivity contribution in [3.8, 4) is 5.75 Å². The Morgan fingerprint density at radius 3 is 2.82 bits per heavy atom. The fraction of sp³-hybridized carbons (Fsp3) is 0.250. The van der Waals surface area contributed by atoms with Crippen LogP contribution in [0.5, 0.6) is 5.75 Å². The highest BCUT2D eigenvalue weighted by Gasteiger charge is 1.98. The van der Waals surface area contributed by atoms with E-state index in [9.17, 15) is 0 Å². The number of benzene rings is 1. The van der Waals surface area contributed by atoms with Crippen molar-refractivity contribution in [3.63, 3.8) is 0 Å². The molecule has 1 rings (SSSR count). The van der Waals surface area contributed by atoms with Crippen LogP contribution in [0.1, 0.15) is 5.56 Å². The van der Waals surface area contributed by atoms with Crippen LogP contribution in [0.25, 0.3) is 0 Å². The Balaban J connectivity index is 3.06. The van der Waals surface area contributed by atoms with Crippen molar-refractivity contribution >= 4 is 5.69 Å². The molecular formula is C8H12N2O. The molecule has 0 amide bonds. The van der Waals surface area contributed by atoms with Crippen molar-refractivity contribution in [3.05, 3.63) is 23.8 Å². The normalized spacial score (nSPS) is 9.64. The summed E-state index contributed by atoms with van der Waals surface area (Å²) in [6.07, 6.45) is 0. The van der Waals surface area contributed by atoms with Crippen molar-refractivity contribution in [1.82, 2.24) is 0 Å². The Morgan fingerprint density at radius 1 is 1.55 bits per heavy atom. The van der Waals surface area contributed by atoms with E-state index in [1.165, 1.54) is 0 Å². The maximum atomic E-state index is 9.08. The van der Waals surface area contributed by atoms with Crippen LogP contribution in [0, 0.1) is 0 Å². The zero-order valence-corrected chi connectivity index (χ0v) is 6.46. The molecule has 0 unspecified atom stereocenters. The Labute approximate surface area is 65.8 Å². The van der Waals surface area contributed by atoms with Gasteiger partial charge in [0.05, 0.1) is 0 Å². The molecule has 0 atom stereocenters. The summed E-state index contributed by atoms with van der Waals surface area (Å²) in [6, 6.07) is 5.09. The molecule has 0 radical (unpaired) electrons. The molecule has 3 nitrogen and oxygen atoms in total. The van der Waals surface area contributed by atoms with Gasteiger partial charge in [-0.1, -0.05) is 0 Å². The van der Waals surface area contributed by atoms with Crippen molar-refractivity contribution < 1.29 is 5.11 Å². The Bertz CT molecular complexity index is 248. The molecule has 0 saturated carbocycles. The number of phenolic OH excluding ortho intramolecular Hbond substituents is 1. The van der Waals surface area contributed by atoms with Gasteiger partial charge < -0.3 is 16.2 Å². The Kier molecular flexibility index (Phi) is 2.33. The lowest BCUT2D eigenvalue weighted by atomic mass is 10.1. The monoisotopic (exact) mass is 152 g/mol. The number of aromatic hydroxyl groups is 1. The summed E-state index contributed by atoms with van der Waals surface area (Å²) >= 11 is 0. The minimum Gasteiger partial charge on any atom is -0.508 e. The first-order valence-corrected chi connectivity index (χ1v) is 3.47. The van der Waals surface area contributed by atoms with E-state index in [0.29, 0.717) is 6.54 Å². The molecule has 0 aliphatic carbocycles. The predicted octanol–water partition coefficient (Wildman–Crippen LogP) is 0.893. The zero-order valence-electron chi connectivity index (χ0n) is 6.46. The van der Waals surface area contributed by atoms with E-state index >= 15 is 0 Å². The molecule has 0 bridgehead atoms. The second-order valence-electron chi connectivity index (χ2n) is 2.30. The SMILES string of the molecule is CNc1ccc(O)cc1CN. The minimum absolute atomic E-state index is 0.254. The summed E-state index contributed by atoms with van der Waals surface area (Å²) in [6.45, 7) is 0.435. The second-order valence-corrected chi connectivity index (χ2v) is 2.30. The van der Waals surface area contributed by atoms with Gasteiger partial charge in [-0.15, -0.1) is 0 Å². The van der Waals surface area contributed by atoms with Crippen molar-refractivity contribution in [2.24, 2.45) is 5.73 Å². The van der Waals surface area contributed by atoms with Crippen LogP contribution in [-0.4, -0.2) is 12.2 Å². The third-order valence-corrected chi connectivity index (χ3v) is 1.58. The lowest BCUT2D eigenvalue weighted by Gasteiger charge is -2.06. The molecule has 0 aliphatic rings. The summed E-state index contributed by atoms with van der Waals surface area (Å²) in [4.78, 5) is 0. The standard InChI is InChI=1S/C8H12N2O/c1-10-8-3-2-7(11)4-6(8)5-9/h2-4,10-11H,5,9H2,1H3. The van der Waals surface area contributed by atoms with E-state index in [-0.39, 0.29) is 5.75 Å². The number of hydrogen-bond donors (Lipinski definition) is 3. The number of hydrogen-bond acceptors (Lipinski definition) is 3. The van der Waals surface area contributed by atoms with Gasteiger partial charge in [0, 0.05) is 19.3 Å². The fourth-order valence-electron chi connectivity index (χ4n) is 0.993. The van der Waals surface area contributed by atoms with Crippen LogP contribution in [-0.2, 0) is 6.54 Å². The molecule has 4 N–H and O–H groups in total. The maximum absolute atomic E-state index is 9.08. The highest BCUT2D eigenvalue weighted by Crippen LogP contribution is 2.19. The van der Waals surface area contributed by atoms with E-state index in [1.54, 1.807) is 18.2 Å². The quantitative estimate of drug-likeness (QED) is 0.552. The zero-order chi connectivity index (χ0) is 8.27. The fourth-order valence-corrected chi connectivity index (χ4v) is 0.993. The van der Waals surface area contributed by atoms with Gasteiger partial charge in [0.25, 0.3) is 0 Å². The molecule has 0 spiro atoms. The molecule has 0 aliphatic heterocycles. The van der Waals surface area contributed by atoms with E-state index in [2.05, 4.69) is 5.32 Å². The Morgan fingerprint density at radius 2 is 2.27 bits per heavy atom. The molecule has 0 heterocycles. The van der Waals surface area contributed by atoms with Gasteiger partial charge in [0.2, 0.25) is 0 Å². The molecule has 3 heteroatoms. The third kappa shape index (κ3) is 1.62.